The third-order valence-corrected chi connectivity index (χ3v) is 3.91. The molecule has 1 aliphatic rings. The van der Waals surface area contributed by atoms with E-state index in [0.717, 1.165) is 21.5 Å². The molecule has 114 valence electrons. The summed E-state index contributed by atoms with van der Waals surface area (Å²) in [5, 5.41) is 20.3. The van der Waals surface area contributed by atoms with Gasteiger partial charge in [0, 0.05) is 28.2 Å². The number of rotatable bonds is 2. The zero-order chi connectivity index (χ0) is 15.8. The van der Waals surface area contributed by atoms with Crippen LogP contribution in [0.5, 0.6) is 0 Å². The standard InChI is InChI=1S/C17H13FN4O/c18-12-7-5-11(6-8-12)16-17(22(23)10-20-21-16)14-9-19-15-4-2-1-3-13(14)15/h1-10,17,19,23H. The van der Waals surface area contributed by atoms with Crippen LogP contribution in [0, 0.1) is 5.82 Å². The lowest BCUT2D eigenvalue weighted by Gasteiger charge is -2.27. The van der Waals surface area contributed by atoms with Crippen LogP contribution < -0.4 is 0 Å². The largest absolute Gasteiger partial charge is 0.361 e. The Morgan fingerprint density at radius 3 is 2.70 bits per heavy atom. The third kappa shape index (κ3) is 2.29. The molecule has 5 nitrogen and oxygen atoms in total. The quantitative estimate of drug-likeness (QED) is 0.761. The molecule has 1 aliphatic heterocycles. The van der Waals surface area contributed by atoms with Crippen LogP contribution in [0.2, 0.25) is 0 Å². The van der Waals surface area contributed by atoms with Gasteiger partial charge in [0.15, 0.2) is 0 Å². The monoisotopic (exact) mass is 308 g/mol. The molecule has 6 heteroatoms. The molecule has 23 heavy (non-hydrogen) atoms. The Morgan fingerprint density at radius 2 is 1.87 bits per heavy atom. The molecule has 2 N–H and O–H groups in total. The fourth-order valence-corrected chi connectivity index (χ4v) is 2.83. The number of hydrogen-bond donors (Lipinski definition) is 2. The predicted molar refractivity (Wildman–Crippen MR) is 86.1 cm³/mol. The normalized spacial score (nSPS) is 17.6. The SMILES string of the molecule is ON1C=NN=C(c2ccc(F)cc2)C1c1c[nH]c2ccccc12. The Hall–Kier alpha value is -2.99. The van der Waals surface area contributed by atoms with Gasteiger partial charge in [0.25, 0.3) is 0 Å². The van der Waals surface area contributed by atoms with Crippen molar-refractivity contribution in [3.63, 3.8) is 0 Å². The lowest BCUT2D eigenvalue weighted by atomic mass is 9.95. The summed E-state index contributed by atoms with van der Waals surface area (Å²) >= 11 is 0. The van der Waals surface area contributed by atoms with E-state index in [4.69, 9.17) is 0 Å². The summed E-state index contributed by atoms with van der Waals surface area (Å²) < 4.78 is 13.2. The first-order chi connectivity index (χ1) is 11.2. The van der Waals surface area contributed by atoms with Crippen LogP contribution in [0.1, 0.15) is 17.2 Å². The summed E-state index contributed by atoms with van der Waals surface area (Å²) in [6.45, 7) is 0. The van der Waals surface area contributed by atoms with Gasteiger partial charge in [-0.15, -0.1) is 5.10 Å². The summed E-state index contributed by atoms with van der Waals surface area (Å²) in [5.41, 5.74) is 3.10. The number of nitrogens with zero attached hydrogens (tertiary/aromatic N) is 3. The number of para-hydroxylation sites is 1. The van der Waals surface area contributed by atoms with Crippen molar-refractivity contribution >= 4 is 23.0 Å². The highest BCUT2D eigenvalue weighted by Crippen LogP contribution is 2.31. The molecule has 0 amide bonds. The first-order valence-electron chi connectivity index (χ1n) is 7.14. The minimum absolute atomic E-state index is 0.321. The maximum atomic E-state index is 13.2. The predicted octanol–water partition coefficient (Wildman–Crippen LogP) is 3.49. The second kappa shape index (κ2) is 5.33. The Kier molecular flexibility index (Phi) is 3.17. The van der Waals surface area contributed by atoms with Gasteiger partial charge in [0.1, 0.15) is 18.2 Å². The highest BCUT2D eigenvalue weighted by molar-refractivity contribution is 6.08. The molecule has 0 spiro atoms. The average molecular weight is 308 g/mol. The maximum Gasteiger partial charge on any atom is 0.139 e. The van der Waals surface area contributed by atoms with Gasteiger partial charge in [-0.2, -0.15) is 5.10 Å². The molecular weight excluding hydrogens is 295 g/mol. The number of halogens is 1. The molecule has 0 saturated carbocycles. The van der Waals surface area contributed by atoms with E-state index in [0.29, 0.717) is 11.3 Å². The minimum atomic E-state index is -0.519. The highest BCUT2D eigenvalue weighted by Gasteiger charge is 2.29. The molecule has 1 atom stereocenters. The van der Waals surface area contributed by atoms with Gasteiger partial charge >= 0.3 is 0 Å². The third-order valence-electron chi connectivity index (χ3n) is 3.91. The molecule has 0 radical (unpaired) electrons. The summed E-state index contributed by atoms with van der Waals surface area (Å²) in [5.74, 6) is -0.321. The van der Waals surface area contributed by atoms with E-state index < -0.39 is 6.04 Å². The van der Waals surface area contributed by atoms with Gasteiger partial charge in [-0.05, 0) is 18.2 Å². The molecule has 1 unspecified atom stereocenters. The Morgan fingerprint density at radius 1 is 1.09 bits per heavy atom. The fraction of sp³-hybridized carbons (Fsp3) is 0.0588. The second-order valence-electron chi connectivity index (χ2n) is 5.30. The summed E-state index contributed by atoms with van der Waals surface area (Å²) in [6.07, 6.45) is 3.11. The van der Waals surface area contributed by atoms with Crippen molar-refractivity contribution in [3.05, 3.63) is 71.7 Å². The van der Waals surface area contributed by atoms with E-state index in [-0.39, 0.29) is 5.82 Å². The van der Waals surface area contributed by atoms with Crippen LogP contribution >= 0.6 is 0 Å². The number of fused-ring (bicyclic) bond motifs is 1. The first-order valence-corrected chi connectivity index (χ1v) is 7.14. The molecule has 0 saturated heterocycles. The van der Waals surface area contributed by atoms with E-state index in [2.05, 4.69) is 15.2 Å². The van der Waals surface area contributed by atoms with Crippen molar-refractivity contribution in [1.82, 2.24) is 10.0 Å². The minimum Gasteiger partial charge on any atom is -0.361 e. The molecule has 2 aromatic carbocycles. The van der Waals surface area contributed by atoms with Gasteiger partial charge in [0.2, 0.25) is 0 Å². The van der Waals surface area contributed by atoms with E-state index in [1.165, 1.54) is 18.5 Å². The molecule has 1 aromatic heterocycles. The number of benzene rings is 2. The van der Waals surface area contributed by atoms with E-state index in [9.17, 15) is 9.60 Å². The number of hydroxylamine groups is 2. The zero-order valence-corrected chi connectivity index (χ0v) is 12.0. The van der Waals surface area contributed by atoms with Crippen molar-refractivity contribution in [2.24, 2.45) is 10.2 Å². The van der Waals surface area contributed by atoms with Crippen molar-refractivity contribution in [3.8, 4) is 0 Å². The Labute approximate surface area is 131 Å². The van der Waals surface area contributed by atoms with Crippen LogP contribution in [0.25, 0.3) is 10.9 Å². The van der Waals surface area contributed by atoms with Crippen LogP contribution in [0.3, 0.4) is 0 Å². The number of H-pyrrole nitrogens is 1. The van der Waals surface area contributed by atoms with Crippen LogP contribution in [0.4, 0.5) is 4.39 Å². The molecule has 3 aromatic rings. The summed E-state index contributed by atoms with van der Waals surface area (Å²) in [6, 6.07) is 13.3. The smallest absolute Gasteiger partial charge is 0.139 e. The van der Waals surface area contributed by atoms with E-state index >= 15 is 0 Å². The van der Waals surface area contributed by atoms with Gasteiger partial charge in [-0.1, -0.05) is 30.3 Å². The Balaban J connectivity index is 1.86. The van der Waals surface area contributed by atoms with Crippen molar-refractivity contribution in [2.45, 2.75) is 6.04 Å². The van der Waals surface area contributed by atoms with Gasteiger partial charge in [0.05, 0.1) is 5.71 Å². The summed E-state index contributed by atoms with van der Waals surface area (Å²) in [4.78, 5) is 3.19. The van der Waals surface area contributed by atoms with Crippen molar-refractivity contribution in [2.75, 3.05) is 0 Å². The van der Waals surface area contributed by atoms with Crippen LogP contribution in [-0.2, 0) is 0 Å². The van der Waals surface area contributed by atoms with Crippen LogP contribution in [-0.4, -0.2) is 27.3 Å². The summed E-state index contributed by atoms with van der Waals surface area (Å²) in [7, 11) is 0. The van der Waals surface area contributed by atoms with Crippen molar-refractivity contribution in [1.29, 1.82) is 0 Å². The van der Waals surface area contributed by atoms with E-state index in [1.807, 2.05) is 30.5 Å². The molecule has 0 bridgehead atoms. The molecule has 4 rings (SSSR count). The van der Waals surface area contributed by atoms with Gasteiger partial charge in [-0.25, -0.2) is 9.45 Å². The molecular formula is C17H13FN4O. The first kappa shape index (κ1) is 13.7. The maximum absolute atomic E-state index is 13.2. The molecule has 0 fully saturated rings. The number of hydrogen-bond acceptors (Lipinski definition) is 4. The number of nitrogens with one attached hydrogen (secondary N) is 1. The second-order valence-corrected chi connectivity index (χ2v) is 5.30. The number of aromatic nitrogens is 1. The lowest BCUT2D eigenvalue weighted by molar-refractivity contribution is -0.0286. The van der Waals surface area contributed by atoms with Gasteiger partial charge < -0.3 is 4.98 Å². The molecule has 0 aliphatic carbocycles. The fourth-order valence-electron chi connectivity index (χ4n) is 2.83. The zero-order valence-electron chi connectivity index (χ0n) is 12.0. The average Bonchev–Trinajstić information content (AvgIpc) is 2.99. The van der Waals surface area contributed by atoms with Crippen LogP contribution in [0.15, 0.2) is 64.9 Å². The highest BCUT2D eigenvalue weighted by atomic mass is 19.1. The molecule has 2 heterocycles. The number of aromatic amines is 1. The lowest BCUT2D eigenvalue weighted by Crippen LogP contribution is -2.33. The van der Waals surface area contributed by atoms with Crippen molar-refractivity contribution < 1.29 is 9.60 Å². The van der Waals surface area contributed by atoms with E-state index in [1.54, 1.807) is 12.1 Å². The Bertz CT molecular complexity index is 914. The van der Waals surface area contributed by atoms with Gasteiger partial charge in [-0.3, -0.25) is 5.21 Å². The topological polar surface area (TPSA) is 64.0 Å².